The van der Waals surface area contributed by atoms with Gasteiger partial charge in [-0.1, -0.05) is 12.0 Å². The molecule has 0 saturated carbocycles. The van der Waals surface area contributed by atoms with E-state index in [1.54, 1.807) is 7.11 Å². The molecule has 0 amide bonds. The first-order valence-electron chi connectivity index (χ1n) is 5.19. The summed E-state index contributed by atoms with van der Waals surface area (Å²) in [5.74, 6) is 3.42. The van der Waals surface area contributed by atoms with Crippen LogP contribution in [0.2, 0.25) is 0 Å². The zero-order valence-corrected chi connectivity index (χ0v) is 10.0. The van der Waals surface area contributed by atoms with Crippen molar-refractivity contribution in [2.24, 2.45) is 5.73 Å². The van der Waals surface area contributed by atoms with Crippen LogP contribution >= 0.6 is 0 Å². The Morgan fingerprint density at radius 1 is 1.56 bits per heavy atom. The molecule has 0 fully saturated rings. The largest absolute Gasteiger partial charge is 0.496 e. The van der Waals surface area contributed by atoms with E-state index in [1.165, 1.54) is 0 Å². The van der Waals surface area contributed by atoms with Crippen molar-refractivity contribution < 1.29 is 4.74 Å². The Morgan fingerprint density at radius 3 is 2.75 bits per heavy atom. The lowest BCUT2D eigenvalue weighted by Crippen LogP contribution is -2.21. The highest BCUT2D eigenvalue weighted by Crippen LogP contribution is 2.32. The Morgan fingerprint density at radius 2 is 2.25 bits per heavy atom. The fourth-order valence-electron chi connectivity index (χ4n) is 1.72. The maximum absolute atomic E-state index is 5.97. The lowest BCUT2D eigenvalue weighted by Gasteiger charge is -2.23. The predicted octanol–water partition coefficient (Wildman–Crippen LogP) is 1.78. The van der Waals surface area contributed by atoms with Crippen LogP contribution in [-0.4, -0.2) is 20.7 Å². The number of methoxy groups -OCH3 is 1. The Hall–Kier alpha value is -1.66. The van der Waals surface area contributed by atoms with Crippen LogP contribution < -0.4 is 15.4 Å². The van der Waals surface area contributed by atoms with Gasteiger partial charge >= 0.3 is 0 Å². The van der Waals surface area contributed by atoms with E-state index in [1.807, 2.05) is 37.1 Å². The second kappa shape index (κ2) is 5.43. The van der Waals surface area contributed by atoms with E-state index >= 15 is 0 Å². The molecular weight excluding hydrogens is 200 g/mol. The first-order chi connectivity index (χ1) is 7.61. The van der Waals surface area contributed by atoms with Crippen LogP contribution in [0.1, 0.15) is 18.5 Å². The smallest absolute Gasteiger partial charge is 0.125 e. The minimum absolute atomic E-state index is 0.0913. The Kier molecular flexibility index (Phi) is 4.21. The molecule has 3 heteroatoms. The van der Waals surface area contributed by atoms with Crippen molar-refractivity contribution >= 4 is 5.69 Å². The van der Waals surface area contributed by atoms with Crippen LogP contribution in [-0.2, 0) is 0 Å². The highest BCUT2D eigenvalue weighted by molar-refractivity contribution is 5.60. The van der Waals surface area contributed by atoms with Crippen molar-refractivity contribution in [2.75, 3.05) is 25.6 Å². The van der Waals surface area contributed by atoms with E-state index in [4.69, 9.17) is 16.9 Å². The topological polar surface area (TPSA) is 38.5 Å². The Labute approximate surface area is 97.2 Å². The number of hydrogen-bond donors (Lipinski definition) is 1. The van der Waals surface area contributed by atoms with Crippen molar-refractivity contribution in [2.45, 2.75) is 13.0 Å². The molecule has 3 nitrogen and oxygen atoms in total. The number of terminal acetylenes is 1. The lowest BCUT2D eigenvalue weighted by atomic mass is 10.0. The van der Waals surface area contributed by atoms with Crippen molar-refractivity contribution in [3.8, 4) is 18.1 Å². The molecule has 86 valence electrons. The minimum Gasteiger partial charge on any atom is -0.496 e. The molecule has 0 saturated heterocycles. The summed E-state index contributed by atoms with van der Waals surface area (Å²) < 4.78 is 5.32. The lowest BCUT2D eigenvalue weighted by molar-refractivity contribution is 0.407. The molecule has 0 aliphatic rings. The van der Waals surface area contributed by atoms with Crippen LogP contribution in [0.5, 0.6) is 5.75 Å². The number of hydrogen-bond acceptors (Lipinski definition) is 3. The molecule has 0 aliphatic heterocycles. The van der Waals surface area contributed by atoms with E-state index in [-0.39, 0.29) is 6.04 Å². The quantitative estimate of drug-likeness (QED) is 0.783. The highest BCUT2D eigenvalue weighted by Gasteiger charge is 2.15. The summed E-state index contributed by atoms with van der Waals surface area (Å²) >= 11 is 0. The third kappa shape index (κ3) is 2.47. The number of anilines is 1. The van der Waals surface area contributed by atoms with E-state index in [9.17, 15) is 0 Å². The summed E-state index contributed by atoms with van der Waals surface area (Å²) in [6.45, 7) is 2.48. The molecule has 0 aromatic heterocycles. The first kappa shape index (κ1) is 12.4. The molecule has 16 heavy (non-hydrogen) atoms. The van der Waals surface area contributed by atoms with E-state index in [0.717, 1.165) is 17.0 Å². The van der Waals surface area contributed by atoms with Crippen molar-refractivity contribution in [3.05, 3.63) is 23.8 Å². The zero-order valence-electron chi connectivity index (χ0n) is 10.0. The monoisotopic (exact) mass is 218 g/mol. The fourth-order valence-corrected chi connectivity index (χ4v) is 1.72. The maximum Gasteiger partial charge on any atom is 0.125 e. The SMILES string of the molecule is C#CCN(C)c1cccc(OC)c1[C@@H](C)N. The summed E-state index contributed by atoms with van der Waals surface area (Å²) in [5, 5.41) is 0. The Balaban J connectivity index is 3.22. The van der Waals surface area contributed by atoms with Crippen molar-refractivity contribution in [3.63, 3.8) is 0 Å². The van der Waals surface area contributed by atoms with Crippen molar-refractivity contribution in [1.82, 2.24) is 0 Å². The number of ether oxygens (including phenoxy) is 1. The number of rotatable bonds is 4. The molecule has 1 aromatic carbocycles. The normalized spacial score (nSPS) is 11.7. The molecule has 0 unspecified atom stereocenters. The van der Waals surface area contributed by atoms with E-state index < -0.39 is 0 Å². The van der Waals surface area contributed by atoms with E-state index in [0.29, 0.717) is 6.54 Å². The van der Waals surface area contributed by atoms with E-state index in [2.05, 4.69) is 5.92 Å². The van der Waals surface area contributed by atoms with Gasteiger partial charge in [0.1, 0.15) is 5.75 Å². The average molecular weight is 218 g/mol. The summed E-state index contributed by atoms with van der Waals surface area (Å²) in [4.78, 5) is 1.99. The van der Waals surface area contributed by atoms with Gasteiger partial charge in [0, 0.05) is 24.3 Å². The van der Waals surface area contributed by atoms with Crippen molar-refractivity contribution in [1.29, 1.82) is 0 Å². The molecule has 0 bridgehead atoms. The molecule has 1 aromatic rings. The molecule has 0 radical (unpaired) electrons. The van der Waals surface area contributed by atoms with Gasteiger partial charge in [0.2, 0.25) is 0 Å². The molecular formula is C13H18N2O. The average Bonchev–Trinajstić information content (AvgIpc) is 2.28. The highest BCUT2D eigenvalue weighted by atomic mass is 16.5. The van der Waals surface area contributed by atoms with Crippen LogP contribution in [0.15, 0.2) is 18.2 Å². The zero-order chi connectivity index (χ0) is 12.1. The molecule has 1 rings (SSSR count). The van der Waals surface area contributed by atoms with Crippen LogP contribution in [0, 0.1) is 12.3 Å². The van der Waals surface area contributed by atoms with Crippen LogP contribution in [0.4, 0.5) is 5.69 Å². The van der Waals surface area contributed by atoms with Gasteiger partial charge in [-0.2, -0.15) is 0 Å². The van der Waals surface area contributed by atoms with Gasteiger partial charge in [-0.05, 0) is 19.1 Å². The summed E-state index contributed by atoms with van der Waals surface area (Å²) in [6, 6.07) is 5.75. The fraction of sp³-hybridized carbons (Fsp3) is 0.385. The third-order valence-electron chi connectivity index (χ3n) is 2.46. The summed E-state index contributed by atoms with van der Waals surface area (Å²) in [7, 11) is 3.59. The van der Waals surface area contributed by atoms with Gasteiger partial charge in [0.05, 0.1) is 13.7 Å². The second-order valence-corrected chi connectivity index (χ2v) is 3.74. The first-order valence-corrected chi connectivity index (χ1v) is 5.19. The van der Waals surface area contributed by atoms with Gasteiger partial charge in [-0.25, -0.2) is 0 Å². The van der Waals surface area contributed by atoms with Gasteiger partial charge in [0.25, 0.3) is 0 Å². The van der Waals surface area contributed by atoms with Crippen LogP contribution in [0.25, 0.3) is 0 Å². The number of nitrogens with zero attached hydrogens (tertiary/aromatic N) is 1. The molecule has 0 heterocycles. The molecule has 0 spiro atoms. The number of nitrogens with two attached hydrogens (primary N) is 1. The second-order valence-electron chi connectivity index (χ2n) is 3.74. The molecule has 1 atom stereocenters. The number of benzene rings is 1. The Bertz CT molecular complexity index is 393. The summed E-state index contributed by atoms with van der Waals surface area (Å²) in [5.41, 5.74) is 7.98. The van der Waals surface area contributed by atoms with Gasteiger partial charge < -0.3 is 15.4 Å². The van der Waals surface area contributed by atoms with Gasteiger partial charge in [-0.3, -0.25) is 0 Å². The van der Waals surface area contributed by atoms with Gasteiger partial charge in [-0.15, -0.1) is 6.42 Å². The standard InChI is InChI=1S/C13H18N2O/c1-5-9-15(3)11-7-6-8-12(16-4)13(11)10(2)14/h1,6-8,10H,9,14H2,2-4H3/t10-/m1/s1. The van der Waals surface area contributed by atoms with Gasteiger partial charge in [0.15, 0.2) is 0 Å². The third-order valence-corrected chi connectivity index (χ3v) is 2.46. The van der Waals surface area contributed by atoms with Crippen LogP contribution in [0.3, 0.4) is 0 Å². The predicted molar refractivity (Wildman–Crippen MR) is 67.7 cm³/mol. The summed E-state index contributed by atoms with van der Waals surface area (Å²) in [6.07, 6.45) is 5.31. The molecule has 0 aliphatic carbocycles. The maximum atomic E-state index is 5.97. The molecule has 2 N–H and O–H groups in total. The minimum atomic E-state index is -0.0913.